The van der Waals surface area contributed by atoms with Crippen LogP contribution in [0.1, 0.15) is 13.3 Å². The van der Waals surface area contributed by atoms with Gasteiger partial charge in [0.05, 0.1) is 25.5 Å². The Kier molecular flexibility index (Phi) is 4.83. The van der Waals surface area contributed by atoms with E-state index in [-0.39, 0.29) is 11.0 Å². The van der Waals surface area contributed by atoms with Gasteiger partial charge >= 0.3 is 0 Å². The standard InChI is InChI=1S/C11H18ClN3O3S/c1-2-10-8-15(5-6-18-10)19(16,17)11-7-13-14(9-11)4-3-12/h7,9-10H,2-6,8H2,1H3. The van der Waals surface area contributed by atoms with Gasteiger partial charge in [0.2, 0.25) is 10.0 Å². The highest BCUT2D eigenvalue weighted by atomic mass is 35.5. The highest BCUT2D eigenvalue weighted by Gasteiger charge is 2.30. The molecule has 0 aromatic carbocycles. The lowest BCUT2D eigenvalue weighted by Gasteiger charge is -2.31. The van der Waals surface area contributed by atoms with Crippen LogP contribution in [-0.2, 0) is 21.3 Å². The SMILES string of the molecule is CCC1CN(S(=O)(=O)c2cnn(CCCl)c2)CCO1. The summed E-state index contributed by atoms with van der Waals surface area (Å²) in [5, 5.41) is 4.00. The maximum absolute atomic E-state index is 12.5. The molecule has 8 heteroatoms. The summed E-state index contributed by atoms with van der Waals surface area (Å²) >= 11 is 5.61. The lowest BCUT2D eigenvalue weighted by atomic mass is 10.2. The zero-order valence-electron chi connectivity index (χ0n) is 10.8. The molecule has 0 radical (unpaired) electrons. The molecule has 0 saturated carbocycles. The average molecular weight is 308 g/mol. The Morgan fingerprint density at radius 3 is 3.05 bits per heavy atom. The molecule has 6 nitrogen and oxygen atoms in total. The first kappa shape index (κ1) is 14.8. The number of morpholine rings is 1. The molecule has 0 amide bonds. The van der Waals surface area contributed by atoms with Crippen molar-refractivity contribution >= 4 is 21.6 Å². The first-order valence-electron chi connectivity index (χ1n) is 6.28. The molecule has 1 atom stereocenters. The minimum atomic E-state index is -3.48. The van der Waals surface area contributed by atoms with Gasteiger partial charge < -0.3 is 4.74 Å². The van der Waals surface area contributed by atoms with Crippen molar-refractivity contribution in [2.45, 2.75) is 30.9 Å². The summed E-state index contributed by atoms with van der Waals surface area (Å²) in [6.07, 6.45) is 3.67. The molecule has 1 unspecified atom stereocenters. The minimum Gasteiger partial charge on any atom is -0.375 e. The van der Waals surface area contributed by atoms with Crippen LogP contribution in [0, 0.1) is 0 Å². The third kappa shape index (κ3) is 3.28. The topological polar surface area (TPSA) is 64.4 Å². The first-order chi connectivity index (χ1) is 9.07. The first-order valence-corrected chi connectivity index (χ1v) is 8.25. The zero-order chi connectivity index (χ0) is 13.9. The molecular weight excluding hydrogens is 290 g/mol. The predicted octanol–water partition coefficient (Wildman–Crippen LogP) is 0.921. The van der Waals surface area contributed by atoms with E-state index < -0.39 is 10.0 Å². The molecule has 2 rings (SSSR count). The van der Waals surface area contributed by atoms with E-state index in [4.69, 9.17) is 16.3 Å². The molecule has 1 aliphatic heterocycles. The fourth-order valence-electron chi connectivity index (χ4n) is 1.99. The fourth-order valence-corrected chi connectivity index (χ4v) is 3.58. The molecule has 19 heavy (non-hydrogen) atoms. The van der Waals surface area contributed by atoms with Crippen molar-refractivity contribution in [3.63, 3.8) is 0 Å². The number of aromatic nitrogens is 2. The Hall–Kier alpha value is -0.630. The molecule has 1 saturated heterocycles. The van der Waals surface area contributed by atoms with Crippen LogP contribution in [0.4, 0.5) is 0 Å². The Labute approximate surface area is 118 Å². The summed E-state index contributed by atoms with van der Waals surface area (Å²) < 4.78 is 33.4. The van der Waals surface area contributed by atoms with E-state index in [9.17, 15) is 8.42 Å². The normalized spacial score (nSPS) is 21.7. The van der Waals surface area contributed by atoms with Crippen molar-refractivity contribution in [1.82, 2.24) is 14.1 Å². The van der Waals surface area contributed by atoms with Crippen LogP contribution >= 0.6 is 11.6 Å². The zero-order valence-corrected chi connectivity index (χ0v) is 12.4. The van der Waals surface area contributed by atoms with Crippen LogP contribution in [0.5, 0.6) is 0 Å². The van der Waals surface area contributed by atoms with Gasteiger partial charge in [-0.3, -0.25) is 4.68 Å². The summed E-state index contributed by atoms with van der Waals surface area (Å²) in [7, 11) is -3.48. The average Bonchev–Trinajstić information content (AvgIpc) is 2.88. The van der Waals surface area contributed by atoms with Crippen molar-refractivity contribution in [2.24, 2.45) is 0 Å². The van der Waals surface area contributed by atoms with Crippen LogP contribution in [0.3, 0.4) is 0 Å². The third-order valence-corrected chi connectivity index (χ3v) is 5.10. The largest absolute Gasteiger partial charge is 0.375 e. The monoisotopic (exact) mass is 307 g/mol. The highest BCUT2D eigenvalue weighted by Crippen LogP contribution is 2.19. The number of sulfonamides is 1. The van der Waals surface area contributed by atoms with Crippen molar-refractivity contribution in [3.8, 4) is 0 Å². The van der Waals surface area contributed by atoms with Gasteiger partial charge in [0, 0.05) is 25.2 Å². The van der Waals surface area contributed by atoms with E-state index in [0.717, 1.165) is 6.42 Å². The predicted molar refractivity (Wildman–Crippen MR) is 71.7 cm³/mol. The Morgan fingerprint density at radius 1 is 1.58 bits per heavy atom. The van der Waals surface area contributed by atoms with E-state index in [1.54, 1.807) is 0 Å². The van der Waals surface area contributed by atoms with Gasteiger partial charge in [0.25, 0.3) is 0 Å². The number of alkyl halides is 1. The van der Waals surface area contributed by atoms with E-state index in [1.165, 1.54) is 21.4 Å². The van der Waals surface area contributed by atoms with Gasteiger partial charge in [-0.25, -0.2) is 8.42 Å². The smallest absolute Gasteiger partial charge is 0.246 e. The summed E-state index contributed by atoms with van der Waals surface area (Å²) in [6.45, 7) is 3.71. The second kappa shape index (κ2) is 6.21. The van der Waals surface area contributed by atoms with Crippen molar-refractivity contribution in [2.75, 3.05) is 25.6 Å². The number of hydrogen-bond acceptors (Lipinski definition) is 4. The summed E-state index contributed by atoms with van der Waals surface area (Å²) in [6, 6.07) is 0. The van der Waals surface area contributed by atoms with Crippen molar-refractivity contribution in [1.29, 1.82) is 0 Å². The lowest BCUT2D eigenvalue weighted by Crippen LogP contribution is -2.45. The summed E-state index contributed by atoms with van der Waals surface area (Å²) in [5.74, 6) is 0.399. The van der Waals surface area contributed by atoms with Gasteiger partial charge in [-0.05, 0) is 6.42 Å². The maximum Gasteiger partial charge on any atom is 0.246 e. The van der Waals surface area contributed by atoms with E-state index >= 15 is 0 Å². The van der Waals surface area contributed by atoms with Crippen LogP contribution in [0.25, 0.3) is 0 Å². The van der Waals surface area contributed by atoms with Crippen molar-refractivity contribution in [3.05, 3.63) is 12.4 Å². The molecule has 0 spiro atoms. The Morgan fingerprint density at radius 2 is 2.37 bits per heavy atom. The number of ether oxygens (including phenoxy) is 1. The van der Waals surface area contributed by atoms with E-state index in [1.807, 2.05) is 6.92 Å². The second-order valence-corrected chi connectivity index (χ2v) is 6.71. The molecule has 0 bridgehead atoms. The summed E-state index contributed by atoms with van der Waals surface area (Å²) in [4.78, 5) is 0.217. The molecule has 1 aromatic rings. The number of halogens is 1. The number of rotatable bonds is 5. The maximum atomic E-state index is 12.5. The van der Waals surface area contributed by atoms with E-state index in [0.29, 0.717) is 32.1 Å². The van der Waals surface area contributed by atoms with Crippen LogP contribution in [-0.4, -0.2) is 54.2 Å². The molecule has 1 aliphatic rings. The molecule has 1 fully saturated rings. The highest BCUT2D eigenvalue weighted by molar-refractivity contribution is 7.89. The van der Waals surface area contributed by atoms with Gasteiger partial charge in [0.15, 0.2) is 0 Å². The van der Waals surface area contributed by atoms with Crippen LogP contribution in [0.2, 0.25) is 0 Å². The van der Waals surface area contributed by atoms with Gasteiger partial charge in [0.1, 0.15) is 4.90 Å². The molecule has 0 aliphatic carbocycles. The molecule has 108 valence electrons. The summed E-state index contributed by atoms with van der Waals surface area (Å²) in [5.41, 5.74) is 0. The van der Waals surface area contributed by atoms with E-state index in [2.05, 4.69) is 5.10 Å². The van der Waals surface area contributed by atoms with Crippen LogP contribution in [0.15, 0.2) is 17.3 Å². The second-order valence-electron chi connectivity index (χ2n) is 4.39. The van der Waals surface area contributed by atoms with Crippen LogP contribution < -0.4 is 0 Å². The Bertz CT molecular complexity index is 517. The third-order valence-electron chi connectivity index (χ3n) is 3.12. The quantitative estimate of drug-likeness (QED) is 0.759. The number of aryl methyl sites for hydroxylation is 1. The Balaban J connectivity index is 2.16. The van der Waals surface area contributed by atoms with Gasteiger partial charge in [-0.1, -0.05) is 6.92 Å². The van der Waals surface area contributed by atoms with Crippen molar-refractivity contribution < 1.29 is 13.2 Å². The van der Waals surface area contributed by atoms with Gasteiger partial charge in [-0.2, -0.15) is 9.40 Å². The molecule has 1 aromatic heterocycles. The number of nitrogens with zero attached hydrogens (tertiary/aromatic N) is 3. The molecule has 2 heterocycles. The molecule has 0 N–H and O–H groups in total. The number of hydrogen-bond donors (Lipinski definition) is 0. The molecular formula is C11H18ClN3O3S. The van der Waals surface area contributed by atoms with Gasteiger partial charge in [-0.15, -0.1) is 11.6 Å². The lowest BCUT2D eigenvalue weighted by molar-refractivity contribution is -0.00278. The fraction of sp³-hybridized carbons (Fsp3) is 0.727. The minimum absolute atomic E-state index is 0.0265.